The summed E-state index contributed by atoms with van der Waals surface area (Å²) in [7, 11) is 0. The summed E-state index contributed by atoms with van der Waals surface area (Å²) in [6, 6.07) is 8.53. The van der Waals surface area contributed by atoms with Crippen LogP contribution >= 0.6 is 23.4 Å². The maximum atomic E-state index is 12.9. The number of hydrogen-bond acceptors (Lipinski definition) is 7. The van der Waals surface area contributed by atoms with Crippen molar-refractivity contribution in [3.63, 3.8) is 0 Å². The van der Waals surface area contributed by atoms with Crippen LogP contribution in [0.3, 0.4) is 0 Å². The van der Waals surface area contributed by atoms with Gasteiger partial charge in [0.05, 0.1) is 22.9 Å². The van der Waals surface area contributed by atoms with Gasteiger partial charge < -0.3 is 8.83 Å². The summed E-state index contributed by atoms with van der Waals surface area (Å²) in [5.41, 5.74) is 0.463. The molecule has 0 saturated carbocycles. The molecule has 9 heteroatoms. The van der Waals surface area contributed by atoms with Gasteiger partial charge in [-0.2, -0.15) is 0 Å². The van der Waals surface area contributed by atoms with Gasteiger partial charge >= 0.3 is 0 Å². The fourth-order valence-corrected chi connectivity index (χ4v) is 3.78. The molecule has 0 bridgehead atoms. The summed E-state index contributed by atoms with van der Waals surface area (Å²) < 4.78 is 12.5. The maximum Gasteiger partial charge on any atom is 0.283 e. The van der Waals surface area contributed by atoms with E-state index in [4.69, 9.17) is 20.4 Å². The van der Waals surface area contributed by atoms with E-state index in [-0.39, 0.29) is 11.6 Å². The third-order valence-corrected chi connectivity index (χ3v) is 5.04. The first kappa shape index (κ1) is 17.8. The fraction of sp³-hybridized carbons (Fsp3) is 0.222. The number of benzene rings is 1. The maximum absolute atomic E-state index is 12.9. The standard InChI is InChI=1S/C18H15ClN4O3S/c1-10(2)23-17(24)12-6-5-11(19)8-13(12)20-18(23)27-9-15-21-22-16(26-15)14-4-3-7-25-14/h3-8,10H,9H2,1-2H3. The molecule has 0 amide bonds. The summed E-state index contributed by atoms with van der Waals surface area (Å²) in [5, 5.41) is 9.65. The number of thioether (sulfide) groups is 1. The molecule has 0 aliphatic carbocycles. The number of aromatic nitrogens is 4. The third kappa shape index (κ3) is 3.50. The molecule has 4 rings (SSSR count). The predicted octanol–water partition coefficient (Wildman–Crippen LogP) is 4.57. The van der Waals surface area contributed by atoms with Crippen molar-refractivity contribution in [3.8, 4) is 11.7 Å². The Labute approximate surface area is 163 Å². The molecule has 27 heavy (non-hydrogen) atoms. The van der Waals surface area contributed by atoms with Crippen LogP contribution in [0.5, 0.6) is 0 Å². The van der Waals surface area contributed by atoms with Crippen molar-refractivity contribution in [1.82, 2.24) is 19.7 Å². The topological polar surface area (TPSA) is 86.9 Å². The van der Waals surface area contributed by atoms with Crippen LogP contribution in [0.25, 0.3) is 22.6 Å². The summed E-state index contributed by atoms with van der Waals surface area (Å²) >= 11 is 7.41. The average molecular weight is 403 g/mol. The lowest BCUT2D eigenvalue weighted by Gasteiger charge is -2.15. The van der Waals surface area contributed by atoms with Crippen LogP contribution in [0.2, 0.25) is 5.02 Å². The van der Waals surface area contributed by atoms with Crippen LogP contribution in [0, 0.1) is 0 Å². The van der Waals surface area contributed by atoms with Crippen LogP contribution in [-0.2, 0) is 5.75 Å². The monoisotopic (exact) mass is 402 g/mol. The van der Waals surface area contributed by atoms with Crippen LogP contribution in [-0.4, -0.2) is 19.7 Å². The number of fused-ring (bicyclic) bond motifs is 1. The highest BCUT2D eigenvalue weighted by atomic mass is 35.5. The van der Waals surface area contributed by atoms with Crippen molar-refractivity contribution < 1.29 is 8.83 Å². The van der Waals surface area contributed by atoms with Crippen molar-refractivity contribution in [3.05, 3.63) is 57.9 Å². The Hall–Kier alpha value is -2.58. The molecule has 0 fully saturated rings. The zero-order valence-corrected chi connectivity index (χ0v) is 16.1. The van der Waals surface area contributed by atoms with Gasteiger partial charge in [0.25, 0.3) is 11.4 Å². The van der Waals surface area contributed by atoms with Gasteiger partial charge in [-0.1, -0.05) is 23.4 Å². The molecule has 0 N–H and O–H groups in total. The Morgan fingerprint density at radius 1 is 1.26 bits per heavy atom. The molecular formula is C18H15ClN4O3S. The van der Waals surface area contributed by atoms with Crippen LogP contribution in [0.1, 0.15) is 25.8 Å². The summed E-state index contributed by atoms with van der Waals surface area (Å²) in [6.07, 6.45) is 1.54. The minimum Gasteiger partial charge on any atom is -0.459 e. The van der Waals surface area contributed by atoms with E-state index in [9.17, 15) is 4.79 Å². The molecular weight excluding hydrogens is 388 g/mol. The third-order valence-electron chi connectivity index (χ3n) is 3.87. The SMILES string of the molecule is CC(C)n1c(SCc2nnc(-c3ccco3)o2)nc2cc(Cl)ccc2c1=O. The molecule has 0 aliphatic rings. The van der Waals surface area contributed by atoms with Crippen molar-refractivity contribution in [2.75, 3.05) is 0 Å². The van der Waals surface area contributed by atoms with E-state index in [0.717, 1.165) is 0 Å². The molecule has 0 radical (unpaired) electrons. The largest absolute Gasteiger partial charge is 0.459 e. The minimum atomic E-state index is -0.101. The Bertz CT molecular complexity index is 1150. The second-order valence-corrected chi connectivity index (χ2v) is 7.47. The van der Waals surface area contributed by atoms with Crippen LogP contribution in [0.4, 0.5) is 0 Å². The number of nitrogens with zero attached hydrogens (tertiary/aromatic N) is 4. The Morgan fingerprint density at radius 2 is 2.11 bits per heavy atom. The highest BCUT2D eigenvalue weighted by molar-refractivity contribution is 7.98. The van der Waals surface area contributed by atoms with Crippen molar-refractivity contribution >= 4 is 34.3 Å². The van der Waals surface area contributed by atoms with Crippen LogP contribution < -0.4 is 5.56 Å². The van der Waals surface area contributed by atoms with Gasteiger partial charge in [-0.25, -0.2) is 4.98 Å². The van der Waals surface area contributed by atoms with Gasteiger partial charge in [-0.3, -0.25) is 9.36 Å². The first-order valence-corrected chi connectivity index (χ1v) is 9.60. The van der Waals surface area contributed by atoms with E-state index in [2.05, 4.69) is 15.2 Å². The molecule has 138 valence electrons. The first-order chi connectivity index (χ1) is 13.0. The van der Waals surface area contributed by atoms with Gasteiger partial charge in [-0.05, 0) is 44.2 Å². The average Bonchev–Trinajstić information content (AvgIpc) is 3.30. The van der Waals surface area contributed by atoms with E-state index >= 15 is 0 Å². The number of hydrogen-bond donors (Lipinski definition) is 0. The van der Waals surface area contributed by atoms with Gasteiger partial charge in [0.1, 0.15) is 0 Å². The van der Waals surface area contributed by atoms with Gasteiger partial charge in [0.15, 0.2) is 10.9 Å². The molecule has 0 spiro atoms. The summed E-state index contributed by atoms with van der Waals surface area (Å²) in [4.78, 5) is 17.5. The lowest BCUT2D eigenvalue weighted by atomic mass is 10.2. The summed E-state index contributed by atoms with van der Waals surface area (Å²) in [5.74, 6) is 1.62. The minimum absolute atomic E-state index is 0.0473. The van der Waals surface area contributed by atoms with E-state index < -0.39 is 0 Å². The number of halogens is 1. The molecule has 1 aromatic carbocycles. The lowest BCUT2D eigenvalue weighted by Crippen LogP contribution is -2.25. The molecule has 3 aromatic heterocycles. The van der Waals surface area contributed by atoms with Gasteiger partial charge in [0.2, 0.25) is 5.89 Å². The zero-order chi connectivity index (χ0) is 19.0. The second kappa shape index (κ2) is 7.21. The van der Waals surface area contributed by atoms with Gasteiger partial charge in [-0.15, -0.1) is 10.2 Å². The normalized spacial score (nSPS) is 11.6. The molecule has 0 atom stereocenters. The highest BCUT2D eigenvalue weighted by Crippen LogP contribution is 2.26. The van der Waals surface area contributed by atoms with Crippen LogP contribution in [0.15, 0.2) is 55.4 Å². The van der Waals surface area contributed by atoms with Crippen molar-refractivity contribution in [1.29, 1.82) is 0 Å². The molecule has 3 heterocycles. The van der Waals surface area contributed by atoms with E-state index in [1.54, 1.807) is 41.2 Å². The lowest BCUT2D eigenvalue weighted by molar-refractivity contribution is 0.492. The Kier molecular flexibility index (Phi) is 4.75. The molecule has 0 saturated heterocycles. The Balaban J connectivity index is 1.67. The highest BCUT2D eigenvalue weighted by Gasteiger charge is 2.17. The fourth-order valence-electron chi connectivity index (χ4n) is 2.65. The molecule has 0 aliphatic heterocycles. The quantitative estimate of drug-likeness (QED) is 0.357. The molecule has 7 nitrogen and oxygen atoms in total. The van der Waals surface area contributed by atoms with Crippen molar-refractivity contribution in [2.24, 2.45) is 0 Å². The van der Waals surface area contributed by atoms with E-state index in [1.807, 2.05) is 13.8 Å². The molecule has 4 aromatic rings. The van der Waals surface area contributed by atoms with E-state index in [1.165, 1.54) is 11.8 Å². The number of rotatable bonds is 5. The number of furan rings is 1. The van der Waals surface area contributed by atoms with E-state index in [0.29, 0.717) is 44.4 Å². The zero-order valence-electron chi connectivity index (χ0n) is 14.5. The smallest absolute Gasteiger partial charge is 0.283 e. The van der Waals surface area contributed by atoms with Crippen molar-refractivity contribution in [2.45, 2.75) is 30.8 Å². The Morgan fingerprint density at radius 3 is 2.85 bits per heavy atom. The first-order valence-electron chi connectivity index (χ1n) is 8.24. The second-order valence-electron chi connectivity index (χ2n) is 6.09. The van der Waals surface area contributed by atoms with Gasteiger partial charge in [0, 0.05) is 11.1 Å². The molecule has 0 unspecified atom stereocenters. The predicted molar refractivity (Wildman–Crippen MR) is 103 cm³/mol. The summed E-state index contributed by atoms with van der Waals surface area (Å²) in [6.45, 7) is 3.88.